The van der Waals surface area contributed by atoms with Gasteiger partial charge in [0.2, 0.25) is 0 Å². The molecule has 80 valence electrons. The summed E-state index contributed by atoms with van der Waals surface area (Å²) in [7, 11) is 0. The van der Waals surface area contributed by atoms with Crippen LogP contribution >= 0.6 is 0 Å². The minimum Gasteiger partial charge on any atom is -0.455 e. The molecule has 2 nitrogen and oxygen atoms in total. The van der Waals surface area contributed by atoms with Crippen molar-refractivity contribution in [3.63, 3.8) is 0 Å². The van der Waals surface area contributed by atoms with Gasteiger partial charge in [-0.1, -0.05) is 26.7 Å². The summed E-state index contributed by atoms with van der Waals surface area (Å²) in [5, 5.41) is 0. The van der Waals surface area contributed by atoms with Crippen LogP contribution in [0.5, 0.6) is 0 Å². The summed E-state index contributed by atoms with van der Waals surface area (Å²) in [4.78, 5) is 11.2. The fraction of sp³-hybridized carbons (Fsp3) is 0.750. The van der Waals surface area contributed by atoms with Crippen LogP contribution in [0.1, 0.15) is 46.5 Å². The van der Waals surface area contributed by atoms with E-state index in [0.29, 0.717) is 0 Å². The van der Waals surface area contributed by atoms with Gasteiger partial charge in [0, 0.05) is 5.57 Å². The van der Waals surface area contributed by atoms with Crippen molar-refractivity contribution in [3.8, 4) is 0 Å². The van der Waals surface area contributed by atoms with Crippen LogP contribution in [0.4, 0.5) is 0 Å². The lowest BCUT2D eigenvalue weighted by molar-refractivity contribution is -0.139. The molecule has 2 atom stereocenters. The minimum atomic E-state index is -0.110. The Bertz CT molecular complexity index is 230. The van der Waals surface area contributed by atoms with Gasteiger partial charge in [0.25, 0.3) is 0 Å². The van der Waals surface area contributed by atoms with Crippen LogP contribution in [0.3, 0.4) is 0 Å². The minimum absolute atomic E-state index is 0.0129. The van der Waals surface area contributed by atoms with E-state index in [0.717, 1.165) is 24.3 Å². The Hall–Kier alpha value is -0.790. The predicted octanol–water partition coefficient (Wildman–Crippen LogP) is 3.07. The van der Waals surface area contributed by atoms with Crippen LogP contribution < -0.4 is 0 Å². The Morgan fingerprint density at radius 3 is 2.79 bits per heavy atom. The highest BCUT2D eigenvalue weighted by Gasteiger charge is 2.21. The first kappa shape index (κ1) is 11.3. The van der Waals surface area contributed by atoms with Gasteiger partial charge in [-0.15, -0.1) is 0 Å². The quantitative estimate of drug-likeness (QED) is 0.632. The molecule has 0 amide bonds. The largest absolute Gasteiger partial charge is 0.455 e. The first-order valence-corrected chi connectivity index (χ1v) is 5.55. The molecule has 0 aromatic carbocycles. The highest BCUT2D eigenvalue weighted by molar-refractivity contribution is 5.90. The molecule has 0 N–H and O–H groups in total. The van der Waals surface area contributed by atoms with Gasteiger partial charge in [-0.25, -0.2) is 4.79 Å². The molecule has 0 fully saturated rings. The van der Waals surface area contributed by atoms with E-state index >= 15 is 0 Å². The van der Waals surface area contributed by atoms with Crippen molar-refractivity contribution in [3.05, 3.63) is 11.6 Å². The zero-order valence-electron chi connectivity index (χ0n) is 9.38. The predicted molar refractivity (Wildman–Crippen MR) is 56.9 cm³/mol. The molecular weight excluding hydrogens is 176 g/mol. The summed E-state index contributed by atoms with van der Waals surface area (Å²) in [5.41, 5.74) is 0.876. The third-order valence-electron chi connectivity index (χ3n) is 2.83. The zero-order valence-corrected chi connectivity index (χ0v) is 9.38. The SMILES string of the molecule is CC[C@H](C)CCCC1=C[C@H](C)OC1=O. The average molecular weight is 196 g/mol. The molecule has 1 heterocycles. The molecule has 1 aliphatic heterocycles. The fourth-order valence-electron chi connectivity index (χ4n) is 1.66. The first-order valence-electron chi connectivity index (χ1n) is 5.55. The molecule has 2 heteroatoms. The van der Waals surface area contributed by atoms with E-state index in [1.807, 2.05) is 13.0 Å². The number of carbonyl (C=O) groups is 1. The molecule has 14 heavy (non-hydrogen) atoms. The summed E-state index contributed by atoms with van der Waals surface area (Å²) >= 11 is 0. The van der Waals surface area contributed by atoms with Gasteiger partial charge >= 0.3 is 5.97 Å². The second kappa shape index (κ2) is 5.18. The molecule has 0 saturated heterocycles. The lowest BCUT2D eigenvalue weighted by Crippen LogP contribution is -2.04. The maximum atomic E-state index is 11.2. The Labute approximate surface area is 86.3 Å². The third-order valence-corrected chi connectivity index (χ3v) is 2.83. The lowest BCUT2D eigenvalue weighted by atomic mass is 9.99. The number of ether oxygens (including phenoxy) is 1. The van der Waals surface area contributed by atoms with Crippen molar-refractivity contribution in [2.45, 2.75) is 52.6 Å². The van der Waals surface area contributed by atoms with Gasteiger partial charge in [0.15, 0.2) is 0 Å². The monoisotopic (exact) mass is 196 g/mol. The van der Waals surface area contributed by atoms with E-state index in [-0.39, 0.29) is 12.1 Å². The van der Waals surface area contributed by atoms with Crippen molar-refractivity contribution in [2.75, 3.05) is 0 Å². The smallest absolute Gasteiger partial charge is 0.334 e. The molecule has 0 radical (unpaired) electrons. The van der Waals surface area contributed by atoms with E-state index in [2.05, 4.69) is 13.8 Å². The van der Waals surface area contributed by atoms with E-state index < -0.39 is 0 Å². The maximum Gasteiger partial charge on any atom is 0.334 e. The van der Waals surface area contributed by atoms with E-state index in [4.69, 9.17) is 4.74 Å². The topological polar surface area (TPSA) is 26.3 Å². The molecule has 0 aromatic heterocycles. The van der Waals surface area contributed by atoms with Crippen molar-refractivity contribution in [1.29, 1.82) is 0 Å². The average Bonchev–Trinajstić information content (AvgIpc) is 2.45. The van der Waals surface area contributed by atoms with Crippen LogP contribution in [-0.2, 0) is 9.53 Å². The van der Waals surface area contributed by atoms with Crippen molar-refractivity contribution >= 4 is 5.97 Å². The summed E-state index contributed by atoms with van der Waals surface area (Å²) < 4.78 is 5.03. The van der Waals surface area contributed by atoms with Gasteiger partial charge < -0.3 is 4.74 Å². The van der Waals surface area contributed by atoms with Crippen molar-refractivity contribution < 1.29 is 9.53 Å². The summed E-state index contributed by atoms with van der Waals surface area (Å²) in [6.45, 7) is 6.36. The van der Waals surface area contributed by atoms with Crippen molar-refractivity contribution in [2.24, 2.45) is 5.92 Å². The summed E-state index contributed by atoms with van der Waals surface area (Å²) in [6, 6.07) is 0. The van der Waals surface area contributed by atoms with Gasteiger partial charge in [0.05, 0.1) is 0 Å². The molecule has 0 aliphatic carbocycles. The Kier molecular flexibility index (Phi) is 4.18. The molecule has 0 spiro atoms. The molecule has 0 bridgehead atoms. The van der Waals surface area contributed by atoms with Crippen LogP contribution in [-0.4, -0.2) is 12.1 Å². The number of esters is 1. The van der Waals surface area contributed by atoms with Crippen LogP contribution in [0.2, 0.25) is 0 Å². The molecule has 0 aromatic rings. The van der Waals surface area contributed by atoms with Crippen molar-refractivity contribution in [1.82, 2.24) is 0 Å². The Balaban J connectivity index is 2.25. The number of cyclic esters (lactones) is 1. The maximum absolute atomic E-state index is 11.2. The summed E-state index contributed by atoms with van der Waals surface area (Å²) in [6.07, 6.45) is 6.34. The molecule has 1 rings (SSSR count). The molecule has 0 unspecified atom stereocenters. The number of hydrogen-bond acceptors (Lipinski definition) is 2. The van der Waals surface area contributed by atoms with Gasteiger partial charge in [-0.05, 0) is 31.8 Å². The highest BCUT2D eigenvalue weighted by Crippen LogP contribution is 2.20. The number of hydrogen-bond donors (Lipinski definition) is 0. The highest BCUT2D eigenvalue weighted by atomic mass is 16.5. The normalized spacial score (nSPS) is 23.2. The van der Waals surface area contributed by atoms with E-state index in [1.54, 1.807) is 0 Å². The van der Waals surface area contributed by atoms with Crippen LogP contribution in [0, 0.1) is 5.92 Å². The summed E-state index contributed by atoms with van der Waals surface area (Å²) in [5.74, 6) is 0.659. The molecule has 0 saturated carbocycles. The molecule has 1 aliphatic rings. The van der Waals surface area contributed by atoms with Crippen LogP contribution in [0.25, 0.3) is 0 Å². The van der Waals surface area contributed by atoms with Gasteiger partial charge in [-0.2, -0.15) is 0 Å². The fourth-order valence-corrected chi connectivity index (χ4v) is 1.66. The van der Waals surface area contributed by atoms with E-state index in [1.165, 1.54) is 12.8 Å². The zero-order chi connectivity index (χ0) is 10.6. The number of carbonyl (C=O) groups excluding carboxylic acids is 1. The second-order valence-corrected chi connectivity index (χ2v) is 4.21. The third kappa shape index (κ3) is 3.17. The number of rotatable bonds is 5. The Morgan fingerprint density at radius 2 is 2.29 bits per heavy atom. The standard InChI is InChI=1S/C12H20O2/c1-4-9(2)6-5-7-11-8-10(3)14-12(11)13/h8-10H,4-7H2,1-3H3/t9-,10-/m0/s1. The van der Waals surface area contributed by atoms with Crippen LogP contribution in [0.15, 0.2) is 11.6 Å². The molecular formula is C12H20O2. The van der Waals surface area contributed by atoms with Gasteiger partial charge in [0.1, 0.15) is 6.10 Å². The van der Waals surface area contributed by atoms with Gasteiger partial charge in [-0.3, -0.25) is 0 Å². The first-order chi connectivity index (χ1) is 6.63. The Morgan fingerprint density at radius 1 is 1.57 bits per heavy atom. The second-order valence-electron chi connectivity index (χ2n) is 4.21. The van der Waals surface area contributed by atoms with E-state index in [9.17, 15) is 4.79 Å². The lowest BCUT2D eigenvalue weighted by Gasteiger charge is -2.06.